The number of aromatic nitrogens is 1. The average Bonchev–Trinajstić information content (AvgIpc) is 2.67. The van der Waals surface area contributed by atoms with Crippen LogP contribution in [0.2, 0.25) is 0 Å². The molecule has 0 aliphatic heterocycles. The molecule has 0 radical (unpaired) electrons. The van der Waals surface area contributed by atoms with Crippen molar-refractivity contribution in [2.45, 2.75) is 13.3 Å². The summed E-state index contributed by atoms with van der Waals surface area (Å²) in [6.07, 6.45) is -0.0201. The fourth-order valence-corrected chi connectivity index (χ4v) is 1.44. The first-order valence-corrected chi connectivity index (χ1v) is 5.34. The minimum absolute atomic E-state index is 0.0135. The van der Waals surface area contributed by atoms with E-state index in [0.29, 0.717) is 12.3 Å². The standard InChI is InChI=1S/C10H9NO4S/c1-2-15-8(12)5-3-4-7-6-16-9(11-7)10(13)14/h6H,2,5H2,1H3,(H,13,14). The lowest BCUT2D eigenvalue weighted by Gasteiger charge is -1.94. The number of aromatic carboxylic acids is 1. The zero-order valence-electron chi connectivity index (χ0n) is 8.52. The summed E-state index contributed by atoms with van der Waals surface area (Å²) < 4.78 is 4.67. The summed E-state index contributed by atoms with van der Waals surface area (Å²) in [5.74, 6) is 3.68. The van der Waals surface area contributed by atoms with Crippen LogP contribution in [-0.2, 0) is 9.53 Å². The second-order valence-corrected chi connectivity index (χ2v) is 3.48. The van der Waals surface area contributed by atoms with Gasteiger partial charge in [0.15, 0.2) is 0 Å². The molecular weight excluding hydrogens is 230 g/mol. The van der Waals surface area contributed by atoms with Gasteiger partial charge >= 0.3 is 11.9 Å². The van der Waals surface area contributed by atoms with Crippen molar-refractivity contribution in [2.24, 2.45) is 0 Å². The van der Waals surface area contributed by atoms with Crippen LogP contribution in [-0.4, -0.2) is 28.6 Å². The molecule has 0 unspecified atom stereocenters. The van der Waals surface area contributed by atoms with Crippen LogP contribution in [0.4, 0.5) is 0 Å². The molecule has 0 aliphatic carbocycles. The lowest BCUT2D eigenvalue weighted by molar-refractivity contribution is -0.141. The van der Waals surface area contributed by atoms with Gasteiger partial charge in [-0.3, -0.25) is 4.79 Å². The van der Waals surface area contributed by atoms with Gasteiger partial charge in [-0.15, -0.1) is 11.3 Å². The van der Waals surface area contributed by atoms with Crippen LogP contribution in [0.15, 0.2) is 5.38 Å². The van der Waals surface area contributed by atoms with Crippen molar-refractivity contribution < 1.29 is 19.4 Å². The van der Waals surface area contributed by atoms with Crippen LogP contribution in [0, 0.1) is 11.8 Å². The SMILES string of the molecule is CCOC(=O)CC#Cc1csc(C(=O)O)n1. The number of carbonyl (C=O) groups excluding carboxylic acids is 1. The third kappa shape index (κ3) is 3.71. The maximum Gasteiger partial charge on any atom is 0.365 e. The molecule has 0 spiro atoms. The molecule has 0 amide bonds. The Morgan fingerprint density at radius 2 is 2.38 bits per heavy atom. The molecule has 0 bridgehead atoms. The second-order valence-electron chi connectivity index (χ2n) is 2.63. The van der Waals surface area contributed by atoms with E-state index in [9.17, 15) is 9.59 Å². The van der Waals surface area contributed by atoms with Gasteiger partial charge in [0.2, 0.25) is 5.01 Å². The summed E-state index contributed by atoms with van der Waals surface area (Å²) in [6, 6.07) is 0. The molecule has 0 atom stereocenters. The Labute approximate surface area is 96.1 Å². The maximum atomic E-state index is 10.9. The molecule has 0 saturated heterocycles. The molecule has 6 heteroatoms. The monoisotopic (exact) mass is 239 g/mol. The molecule has 1 N–H and O–H groups in total. The number of carboxylic acid groups (broad SMARTS) is 1. The Balaban J connectivity index is 2.56. The number of ether oxygens (including phenoxy) is 1. The van der Waals surface area contributed by atoms with E-state index in [-0.39, 0.29) is 11.4 Å². The van der Waals surface area contributed by atoms with Gasteiger partial charge < -0.3 is 9.84 Å². The number of hydrogen-bond acceptors (Lipinski definition) is 5. The fraction of sp³-hybridized carbons (Fsp3) is 0.300. The van der Waals surface area contributed by atoms with E-state index in [1.807, 2.05) is 0 Å². The van der Waals surface area contributed by atoms with E-state index < -0.39 is 11.9 Å². The first-order valence-electron chi connectivity index (χ1n) is 4.46. The Morgan fingerprint density at radius 1 is 1.62 bits per heavy atom. The summed E-state index contributed by atoms with van der Waals surface area (Å²) in [7, 11) is 0. The van der Waals surface area contributed by atoms with E-state index in [0.717, 1.165) is 11.3 Å². The highest BCUT2D eigenvalue weighted by atomic mass is 32.1. The molecule has 16 heavy (non-hydrogen) atoms. The van der Waals surface area contributed by atoms with Crippen LogP contribution in [0.25, 0.3) is 0 Å². The van der Waals surface area contributed by atoms with Crippen molar-refractivity contribution in [3.05, 3.63) is 16.1 Å². The highest BCUT2D eigenvalue weighted by molar-refractivity contribution is 7.11. The van der Waals surface area contributed by atoms with Gasteiger partial charge in [0.05, 0.1) is 6.61 Å². The predicted octanol–water partition coefficient (Wildman–Crippen LogP) is 1.15. The Kier molecular flexibility index (Phi) is 4.48. The maximum absolute atomic E-state index is 10.9. The van der Waals surface area contributed by atoms with Crippen LogP contribution in [0.1, 0.15) is 28.8 Å². The van der Waals surface area contributed by atoms with Gasteiger partial charge in [0.1, 0.15) is 12.1 Å². The first-order chi connectivity index (χ1) is 7.63. The van der Waals surface area contributed by atoms with Crippen molar-refractivity contribution in [1.29, 1.82) is 0 Å². The van der Waals surface area contributed by atoms with E-state index >= 15 is 0 Å². The van der Waals surface area contributed by atoms with Gasteiger partial charge in [-0.1, -0.05) is 5.92 Å². The molecular formula is C10H9NO4S. The van der Waals surface area contributed by atoms with Crippen LogP contribution < -0.4 is 0 Å². The summed E-state index contributed by atoms with van der Waals surface area (Å²) in [5, 5.41) is 10.1. The normalized spacial score (nSPS) is 9.06. The quantitative estimate of drug-likeness (QED) is 0.632. The molecule has 1 aromatic heterocycles. The molecule has 0 aliphatic rings. The Hall–Kier alpha value is -1.87. The number of carboxylic acids is 1. The van der Waals surface area contributed by atoms with E-state index in [1.54, 1.807) is 6.92 Å². The molecule has 1 heterocycles. The molecule has 5 nitrogen and oxygen atoms in total. The Bertz CT molecular complexity index is 455. The fourth-order valence-electron chi connectivity index (χ4n) is 0.848. The number of thiazole rings is 1. The molecule has 1 rings (SSSR count). The summed E-state index contributed by atoms with van der Waals surface area (Å²) in [5.41, 5.74) is 0.353. The van der Waals surface area contributed by atoms with Gasteiger partial charge in [-0.05, 0) is 12.8 Å². The van der Waals surface area contributed by atoms with Crippen molar-refractivity contribution in [2.75, 3.05) is 6.61 Å². The van der Waals surface area contributed by atoms with E-state index in [2.05, 4.69) is 21.6 Å². The molecule has 0 saturated carbocycles. The third-order valence-corrected chi connectivity index (χ3v) is 2.27. The molecule has 0 fully saturated rings. The van der Waals surface area contributed by atoms with Crippen molar-refractivity contribution in [3.63, 3.8) is 0 Å². The van der Waals surface area contributed by atoms with Crippen LogP contribution in [0.3, 0.4) is 0 Å². The van der Waals surface area contributed by atoms with E-state index in [1.165, 1.54) is 5.38 Å². The predicted molar refractivity (Wildman–Crippen MR) is 57.2 cm³/mol. The van der Waals surface area contributed by atoms with Gasteiger partial charge in [-0.25, -0.2) is 9.78 Å². The lowest BCUT2D eigenvalue weighted by atomic mass is 10.4. The highest BCUT2D eigenvalue weighted by Gasteiger charge is 2.06. The Morgan fingerprint density at radius 3 is 2.94 bits per heavy atom. The van der Waals surface area contributed by atoms with Gasteiger partial charge in [0.25, 0.3) is 0 Å². The number of hydrogen-bond donors (Lipinski definition) is 1. The average molecular weight is 239 g/mol. The smallest absolute Gasteiger partial charge is 0.365 e. The van der Waals surface area contributed by atoms with Gasteiger partial charge in [-0.2, -0.15) is 0 Å². The zero-order valence-corrected chi connectivity index (χ0v) is 9.34. The van der Waals surface area contributed by atoms with E-state index in [4.69, 9.17) is 5.11 Å². The number of carbonyl (C=O) groups is 2. The van der Waals surface area contributed by atoms with Crippen molar-refractivity contribution in [3.8, 4) is 11.8 Å². The largest absolute Gasteiger partial charge is 0.476 e. The van der Waals surface area contributed by atoms with Crippen LogP contribution >= 0.6 is 11.3 Å². The third-order valence-electron chi connectivity index (χ3n) is 1.44. The number of rotatable bonds is 3. The molecule has 84 valence electrons. The number of esters is 1. The second kappa shape index (κ2) is 5.88. The summed E-state index contributed by atoms with van der Waals surface area (Å²) >= 11 is 0.997. The topological polar surface area (TPSA) is 76.5 Å². The molecule has 0 aromatic carbocycles. The molecule has 1 aromatic rings. The van der Waals surface area contributed by atoms with Gasteiger partial charge in [0, 0.05) is 5.38 Å². The minimum Gasteiger partial charge on any atom is -0.476 e. The summed E-state index contributed by atoms with van der Waals surface area (Å²) in [4.78, 5) is 25.2. The lowest BCUT2D eigenvalue weighted by Crippen LogP contribution is -2.01. The highest BCUT2D eigenvalue weighted by Crippen LogP contribution is 2.08. The van der Waals surface area contributed by atoms with Crippen LogP contribution in [0.5, 0.6) is 0 Å². The first kappa shape index (κ1) is 12.2. The number of nitrogens with zero attached hydrogens (tertiary/aromatic N) is 1. The van der Waals surface area contributed by atoms with Crippen molar-refractivity contribution in [1.82, 2.24) is 4.98 Å². The zero-order chi connectivity index (χ0) is 12.0. The minimum atomic E-state index is -1.08. The van der Waals surface area contributed by atoms with Crippen molar-refractivity contribution >= 4 is 23.3 Å². The summed E-state index contributed by atoms with van der Waals surface area (Å²) in [6.45, 7) is 2.03.